The van der Waals surface area contributed by atoms with Crippen LogP contribution < -0.4 is 4.67 Å². The molecule has 80 valence electrons. The number of nitrogens with zero attached hydrogens (tertiary/aromatic N) is 2. The molecule has 0 saturated heterocycles. The summed E-state index contributed by atoms with van der Waals surface area (Å²) in [6.45, 7) is 0. The third-order valence-corrected chi connectivity index (χ3v) is 2.69. The van der Waals surface area contributed by atoms with Crippen LogP contribution in [0.4, 0.5) is 0 Å². The molecule has 0 radical (unpaired) electrons. The highest BCUT2D eigenvalue weighted by Gasteiger charge is 2.13. The Labute approximate surface area is 99.7 Å². The lowest BCUT2D eigenvalue weighted by Crippen LogP contribution is -2.02. The van der Waals surface area contributed by atoms with Crippen molar-refractivity contribution < 1.29 is 0 Å². The van der Waals surface area contributed by atoms with Gasteiger partial charge in [-0.1, -0.05) is 28.9 Å². The number of hydrogen-bond acceptors (Lipinski definition) is 1. The Morgan fingerprint density at radius 1 is 0.824 bits per heavy atom. The lowest BCUT2D eigenvalue weighted by atomic mass is 10.1. The van der Waals surface area contributed by atoms with E-state index in [1.165, 1.54) is 5.56 Å². The Balaban J connectivity index is 2.10. The van der Waals surface area contributed by atoms with Crippen molar-refractivity contribution in [2.24, 2.45) is 0 Å². The van der Waals surface area contributed by atoms with Gasteiger partial charge in [-0.15, -0.1) is 0 Å². The molecule has 1 aromatic carbocycles. The van der Waals surface area contributed by atoms with Crippen LogP contribution in [0.25, 0.3) is 6.08 Å². The lowest BCUT2D eigenvalue weighted by molar-refractivity contribution is 1.29. The van der Waals surface area contributed by atoms with Crippen molar-refractivity contribution in [1.29, 1.82) is 0 Å². The molecule has 0 fully saturated rings. The number of rotatable bonds is 1. The summed E-state index contributed by atoms with van der Waals surface area (Å²) in [6.07, 6.45) is 7.75. The SMILES string of the molecule is C1=Cc2ccccc2C=[N+]=C1c1ccccn1. The highest BCUT2D eigenvalue weighted by molar-refractivity contribution is 6.12. The molecule has 0 amide bonds. The van der Waals surface area contributed by atoms with Gasteiger partial charge in [0.15, 0.2) is 5.69 Å². The maximum absolute atomic E-state index is 4.48. The van der Waals surface area contributed by atoms with Crippen LogP contribution in [0.3, 0.4) is 0 Å². The highest BCUT2D eigenvalue weighted by atomic mass is 14.7. The van der Waals surface area contributed by atoms with Gasteiger partial charge < -0.3 is 0 Å². The van der Waals surface area contributed by atoms with Crippen LogP contribution in [-0.4, -0.2) is 16.9 Å². The van der Waals surface area contributed by atoms with Gasteiger partial charge in [0.2, 0.25) is 0 Å². The summed E-state index contributed by atoms with van der Waals surface area (Å²) in [6, 6.07) is 14.0. The van der Waals surface area contributed by atoms with Gasteiger partial charge in [-0.3, -0.25) is 0 Å². The van der Waals surface area contributed by atoms with E-state index in [0.29, 0.717) is 0 Å². The zero-order valence-electron chi connectivity index (χ0n) is 9.25. The first-order chi connectivity index (χ1) is 8.43. The molecule has 0 unspecified atom stereocenters. The van der Waals surface area contributed by atoms with Crippen molar-refractivity contribution in [2.75, 3.05) is 0 Å². The Bertz CT molecular complexity index is 633. The number of benzene rings is 1. The number of aromatic nitrogens is 1. The van der Waals surface area contributed by atoms with Gasteiger partial charge in [-0.2, -0.15) is 0 Å². The number of hydrogen-bond donors (Lipinski definition) is 0. The van der Waals surface area contributed by atoms with Crippen LogP contribution in [-0.2, 0) is 0 Å². The predicted molar refractivity (Wildman–Crippen MR) is 71.1 cm³/mol. The van der Waals surface area contributed by atoms with Crippen LogP contribution in [0.1, 0.15) is 16.8 Å². The highest BCUT2D eigenvalue weighted by Crippen LogP contribution is 2.10. The average molecular weight is 219 g/mol. The third-order valence-electron chi connectivity index (χ3n) is 2.69. The first-order valence-corrected chi connectivity index (χ1v) is 5.53. The molecule has 0 N–H and O–H groups in total. The van der Waals surface area contributed by atoms with Crippen molar-refractivity contribution in [3.05, 3.63) is 71.6 Å². The van der Waals surface area contributed by atoms with Crippen molar-refractivity contribution in [1.82, 2.24) is 9.65 Å². The minimum Gasteiger partial charge on any atom is -0.249 e. The molecule has 3 rings (SSSR count). The van der Waals surface area contributed by atoms with Crippen molar-refractivity contribution in [2.45, 2.75) is 0 Å². The summed E-state index contributed by atoms with van der Waals surface area (Å²) >= 11 is 0. The fourth-order valence-corrected chi connectivity index (χ4v) is 1.80. The van der Waals surface area contributed by atoms with E-state index in [4.69, 9.17) is 0 Å². The normalized spacial score (nSPS) is 12.8. The third kappa shape index (κ3) is 1.94. The van der Waals surface area contributed by atoms with E-state index >= 15 is 0 Å². The largest absolute Gasteiger partial charge is 0.352 e. The Morgan fingerprint density at radius 3 is 2.47 bits per heavy atom. The summed E-state index contributed by atoms with van der Waals surface area (Å²) in [7, 11) is 0. The number of pyridine rings is 1. The van der Waals surface area contributed by atoms with E-state index in [9.17, 15) is 0 Å². The van der Waals surface area contributed by atoms with E-state index in [1.54, 1.807) is 6.20 Å². The van der Waals surface area contributed by atoms with E-state index in [1.807, 2.05) is 42.6 Å². The molecule has 1 aliphatic rings. The molecule has 1 aliphatic heterocycles. The molecule has 1 aromatic heterocycles. The van der Waals surface area contributed by atoms with Crippen LogP contribution in [0, 0.1) is 0 Å². The fraction of sp³-hybridized carbons (Fsp3) is 0. The summed E-state index contributed by atoms with van der Waals surface area (Å²) < 4.78 is 4.48. The van der Waals surface area contributed by atoms with Gasteiger partial charge in [-0.05, 0) is 29.8 Å². The second-order valence-electron chi connectivity index (χ2n) is 3.82. The van der Waals surface area contributed by atoms with Gasteiger partial charge >= 0.3 is 11.9 Å². The number of fused-ring (bicyclic) bond motifs is 1. The first kappa shape index (κ1) is 9.76. The molecule has 0 atom stereocenters. The lowest BCUT2D eigenvalue weighted by Gasteiger charge is -1.92. The Hall–Kier alpha value is -2.44. The smallest absolute Gasteiger partial charge is 0.249 e. The van der Waals surface area contributed by atoms with Crippen molar-refractivity contribution in [3.63, 3.8) is 0 Å². The van der Waals surface area contributed by atoms with Crippen molar-refractivity contribution >= 4 is 18.0 Å². The molecule has 17 heavy (non-hydrogen) atoms. The van der Waals surface area contributed by atoms with Crippen LogP contribution in [0.2, 0.25) is 0 Å². The van der Waals surface area contributed by atoms with Gasteiger partial charge in [0, 0.05) is 12.3 Å². The molecule has 2 nitrogen and oxygen atoms in total. The van der Waals surface area contributed by atoms with Crippen LogP contribution in [0.5, 0.6) is 0 Å². The van der Waals surface area contributed by atoms with E-state index < -0.39 is 0 Å². The monoisotopic (exact) mass is 219 g/mol. The second-order valence-corrected chi connectivity index (χ2v) is 3.82. The maximum atomic E-state index is 4.48. The van der Waals surface area contributed by atoms with Crippen LogP contribution >= 0.6 is 0 Å². The molecule has 2 heterocycles. The summed E-state index contributed by atoms with van der Waals surface area (Å²) in [5.74, 6) is 0. The molecular formula is C15H11N2+. The summed E-state index contributed by atoms with van der Waals surface area (Å²) in [4.78, 5) is 4.30. The van der Waals surface area contributed by atoms with Crippen LogP contribution in [0.15, 0.2) is 54.7 Å². The van der Waals surface area contributed by atoms with E-state index in [-0.39, 0.29) is 0 Å². The number of allylic oxidation sites excluding steroid dienone is 1. The zero-order valence-corrected chi connectivity index (χ0v) is 9.25. The van der Waals surface area contributed by atoms with E-state index in [0.717, 1.165) is 17.0 Å². The molecule has 2 aromatic rings. The summed E-state index contributed by atoms with van der Waals surface area (Å²) in [5.41, 5.74) is 4.10. The molecule has 2 heteroatoms. The van der Waals surface area contributed by atoms with Gasteiger partial charge in [0.05, 0.1) is 5.56 Å². The minimum absolute atomic E-state index is 0.891. The second kappa shape index (κ2) is 4.20. The quantitative estimate of drug-likeness (QED) is 0.675. The Morgan fingerprint density at radius 2 is 1.65 bits per heavy atom. The average Bonchev–Trinajstić information content (AvgIpc) is 2.62. The van der Waals surface area contributed by atoms with Gasteiger partial charge in [-0.25, -0.2) is 4.98 Å². The predicted octanol–water partition coefficient (Wildman–Crippen LogP) is 2.08. The Kier molecular flexibility index (Phi) is 2.41. The molecule has 0 aliphatic carbocycles. The molecule has 0 spiro atoms. The molecule has 0 bridgehead atoms. The minimum atomic E-state index is 0.891. The van der Waals surface area contributed by atoms with Gasteiger partial charge in [0.1, 0.15) is 0 Å². The first-order valence-electron chi connectivity index (χ1n) is 5.53. The van der Waals surface area contributed by atoms with E-state index in [2.05, 4.69) is 27.9 Å². The zero-order chi connectivity index (χ0) is 11.5. The summed E-state index contributed by atoms with van der Waals surface area (Å²) in [5, 5.41) is 0. The van der Waals surface area contributed by atoms with Crippen molar-refractivity contribution in [3.8, 4) is 0 Å². The maximum Gasteiger partial charge on any atom is 0.352 e. The molecular weight excluding hydrogens is 208 g/mol. The van der Waals surface area contributed by atoms with Gasteiger partial charge in [0.25, 0.3) is 0 Å². The fourth-order valence-electron chi connectivity index (χ4n) is 1.80. The molecule has 0 saturated carbocycles. The topological polar surface area (TPSA) is 27.0 Å². The standard InChI is InChI=1S/C15H11N2/c1-2-6-13-11-17-15(9-8-12(13)5-1)14-7-3-4-10-16-14/h1-11H/q+1.